The highest BCUT2D eigenvalue weighted by atomic mass is 14.8. The van der Waals surface area contributed by atoms with Crippen molar-refractivity contribution < 1.29 is 0 Å². The van der Waals surface area contributed by atoms with Gasteiger partial charge in [0.05, 0.1) is 0 Å². The molecule has 0 aliphatic carbocycles. The van der Waals surface area contributed by atoms with Gasteiger partial charge >= 0.3 is 0 Å². The van der Waals surface area contributed by atoms with E-state index >= 15 is 0 Å². The first-order chi connectivity index (χ1) is 5.20. The van der Waals surface area contributed by atoms with E-state index in [-0.39, 0.29) is 0 Å². The molecule has 1 rings (SSSR count). The molecule has 1 heterocycles. The molecule has 0 radical (unpaired) electrons. The second-order valence-electron chi connectivity index (χ2n) is 3.28. The molecule has 0 unspecified atom stereocenters. The Morgan fingerprint density at radius 2 is 2.36 bits per heavy atom. The van der Waals surface area contributed by atoms with Gasteiger partial charge in [-0.2, -0.15) is 0 Å². The quantitative estimate of drug-likeness (QED) is 0.642. The molecule has 0 spiro atoms. The second kappa shape index (κ2) is 3.56. The zero-order valence-electron chi connectivity index (χ0n) is 7.30. The van der Waals surface area contributed by atoms with Crippen molar-refractivity contribution in [1.82, 2.24) is 0 Å². The topological polar surface area (TPSA) is 38.4 Å². The van der Waals surface area contributed by atoms with Crippen molar-refractivity contribution in [3.8, 4) is 0 Å². The molecule has 0 atom stereocenters. The van der Waals surface area contributed by atoms with Gasteiger partial charge in [-0.25, -0.2) is 0 Å². The molecule has 0 aromatic heterocycles. The maximum Gasteiger partial charge on any atom is 0.0396 e. The lowest BCUT2D eigenvalue weighted by Gasteiger charge is -2.03. The third kappa shape index (κ3) is 2.37. The predicted molar refractivity (Wildman–Crippen MR) is 48.6 cm³/mol. The van der Waals surface area contributed by atoms with Crippen LogP contribution in [0.4, 0.5) is 0 Å². The van der Waals surface area contributed by atoms with Gasteiger partial charge in [0.15, 0.2) is 0 Å². The van der Waals surface area contributed by atoms with Crippen LogP contribution in [-0.2, 0) is 0 Å². The van der Waals surface area contributed by atoms with E-state index in [1.54, 1.807) is 0 Å². The molecule has 62 valence electrons. The van der Waals surface area contributed by atoms with E-state index < -0.39 is 0 Å². The average molecular weight is 152 g/mol. The molecule has 2 N–H and O–H groups in total. The summed E-state index contributed by atoms with van der Waals surface area (Å²) in [7, 11) is 0. The number of nitrogens with two attached hydrogens (primary N) is 1. The minimum atomic E-state index is 0.443. The Kier molecular flexibility index (Phi) is 2.69. The maximum atomic E-state index is 5.78. The van der Waals surface area contributed by atoms with E-state index in [9.17, 15) is 0 Å². The van der Waals surface area contributed by atoms with Crippen molar-refractivity contribution in [2.75, 3.05) is 6.54 Å². The van der Waals surface area contributed by atoms with Crippen LogP contribution in [0.1, 0.15) is 26.7 Å². The van der Waals surface area contributed by atoms with Crippen LogP contribution in [-0.4, -0.2) is 12.3 Å². The number of allylic oxidation sites excluding steroid dienone is 2. The molecule has 0 aromatic carbocycles. The van der Waals surface area contributed by atoms with E-state index in [1.165, 1.54) is 12.1 Å². The van der Waals surface area contributed by atoms with Gasteiger partial charge in [0.1, 0.15) is 0 Å². The third-order valence-electron chi connectivity index (χ3n) is 1.91. The van der Waals surface area contributed by atoms with Gasteiger partial charge < -0.3 is 5.73 Å². The van der Waals surface area contributed by atoms with Crippen LogP contribution in [0.15, 0.2) is 16.8 Å². The van der Waals surface area contributed by atoms with Gasteiger partial charge in [-0.1, -0.05) is 13.8 Å². The van der Waals surface area contributed by atoms with Crippen LogP contribution in [0.25, 0.3) is 0 Å². The lowest BCUT2D eigenvalue weighted by molar-refractivity contribution is 0.758. The lowest BCUT2D eigenvalue weighted by atomic mass is 10.1. The van der Waals surface area contributed by atoms with Crippen molar-refractivity contribution in [1.29, 1.82) is 0 Å². The van der Waals surface area contributed by atoms with Crippen LogP contribution in [0.3, 0.4) is 0 Å². The predicted octanol–water partition coefficient (Wildman–Crippen LogP) is 1.72. The van der Waals surface area contributed by atoms with Crippen molar-refractivity contribution in [3.63, 3.8) is 0 Å². The van der Waals surface area contributed by atoms with E-state index in [0.717, 1.165) is 18.7 Å². The summed E-state index contributed by atoms with van der Waals surface area (Å²) in [5, 5.41) is 0. The maximum absolute atomic E-state index is 5.78. The molecule has 0 bridgehead atoms. The summed E-state index contributed by atoms with van der Waals surface area (Å²) in [5.41, 5.74) is 7.90. The number of hydrogen-bond acceptors (Lipinski definition) is 2. The normalized spacial score (nSPS) is 19.2. The highest BCUT2D eigenvalue weighted by molar-refractivity contribution is 5.96. The molecule has 11 heavy (non-hydrogen) atoms. The van der Waals surface area contributed by atoms with E-state index in [4.69, 9.17) is 5.73 Å². The van der Waals surface area contributed by atoms with Crippen molar-refractivity contribution in [2.24, 2.45) is 16.6 Å². The van der Waals surface area contributed by atoms with Gasteiger partial charge in [0.2, 0.25) is 0 Å². The van der Waals surface area contributed by atoms with Crippen LogP contribution >= 0.6 is 0 Å². The van der Waals surface area contributed by atoms with E-state index in [1.807, 2.05) is 6.08 Å². The van der Waals surface area contributed by atoms with Gasteiger partial charge in [0, 0.05) is 18.0 Å². The van der Waals surface area contributed by atoms with E-state index in [0.29, 0.717) is 5.92 Å². The minimum Gasteiger partial charge on any atom is -0.402 e. The van der Waals surface area contributed by atoms with E-state index in [2.05, 4.69) is 18.8 Å². The Morgan fingerprint density at radius 1 is 1.64 bits per heavy atom. The molecule has 0 fully saturated rings. The Labute approximate surface area is 68.2 Å². The fourth-order valence-electron chi connectivity index (χ4n) is 1.04. The number of aliphatic imine (C=N–C) groups is 1. The second-order valence-corrected chi connectivity index (χ2v) is 3.28. The van der Waals surface area contributed by atoms with Gasteiger partial charge in [-0.15, -0.1) is 0 Å². The molecule has 0 aromatic rings. The summed E-state index contributed by atoms with van der Waals surface area (Å²) in [6.07, 6.45) is 4.32. The lowest BCUT2D eigenvalue weighted by Crippen LogP contribution is -2.07. The Bertz CT molecular complexity index is 190. The molecule has 2 nitrogen and oxygen atoms in total. The smallest absolute Gasteiger partial charge is 0.0396 e. The minimum absolute atomic E-state index is 0.443. The summed E-state index contributed by atoms with van der Waals surface area (Å²) in [6.45, 7) is 5.18. The number of rotatable bonds is 2. The Hall–Kier alpha value is -0.790. The summed E-state index contributed by atoms with van der Waals surface area (Å²) in [6, 6.07) is 0. The summed E-state index contributed by atoms with van der Waals surface area (Å²) in [5.74, 6) is 0.443. The highest BCUT2D eigenvalue weighted by Gasteiger charge is 2.04. The molecule has 0 amide bonds. The molecular formula is C9H16N2. The first-order valence-electron chi connectivity index (χ1n) is 4.20. The standard InChI is InChI=1S/C9H16N2/c1-7(2)9(10)6-8-4-3-5-11-8/h6-7H,3-5,10H2,1-2H3/b9-6-. The highest BCUT2D eigenvalue weighted by Crippen LogP contribution is 2.09. The van der Waals surface area contributed by atoms with Gasteiger partial charge in [-0.3, -0.25) is 4.99 Å². The first-order valence-corrected chi connectivity index (χ1v) is 4.20. The van der Waals surface area contributed by atoms with Crippen LogP contribution in [0.2, 0.25) is 0 Å². The fraction of sp³-hybridized carbons (Fsp3) is 0.667. The molecule has 0 saturated carbocycles. The SMILES string of the molecule is CC(C)/C(N)=C/C1=NCCC1. The van der Waals surface area contributed by atoms with Crippen LogP contribution < -0.4 is 5.73 Å². The summed E-state index contributed by atoms with van der Waals surface area (Å²) < 4.78 is 0. The first kappa shape index (κ1) is 8.31. The molecular weight excluding hydrogens is 136 g/mol. The Balaban J connectivity index is 2.56. The summed E-state index contributed by atoms with van der Waals surface area (Å²) in [4.78, 5) is 4.32. The van der Waals surface area contributed by atoms with Crippen molar-refractivity contribution in [2.45, 2.75) is 26.7 Å². The zero-order chi connectivity index (χ0) is 8.27. The third-order valence-corrected chi connectivity index (χ3v) is 1.91. The number of nitrogens with zero attached hydrogens (tertiary/aromatic N) is 1. The van der Waals surface area contributed by atoms with Gasteiger partial charge in [-0.05, 0) is 24.8 Å². The average Bonchev–Trinajstić information content (AvgIpc) is 2.39. The van der Waals surface area contributed by atoms with Crippen LogP contribution in [0, 0.1) is 5.92 Å². The molecule has 1 aliphatic rings. The fourth-order valence-corrected chi connectivity index (χ4v) is 1.04. The molecule has 1 aliphatic heterocycles. The monoisotopic (exact) mass is 152 g/mol. The van der Waals surface area contributed by atoms with Gasteiger partial charge in [0.25, 0.3) is 0 Å². The zero-order valence-corrected chi connectivity index (χ0v) is 7.30. The van der Waals surface area contributed by atoms with Crippen LogP contribution in [0.5, 0.6) is 0 Å². The van der Waals surface area contributed by atoms with Crippen molar-refractivity contribution >= 4 is 5.71 Å². The number of hydrogen-bond donors (Lipinski definition) is 1. The summed E-state index contributed by atoms with van der Waals surface area (Å²) >= 11 is 0. The molecule has 2 heteroatoms. The molecule has 0 saturated heterocycles. The van der Waals surface area contributed by atoms with Crippen molar-refractivity contribution in [3.05, 3.63) is 11.8 Å². The Morgan fingerprint density at radius 3 is 2.82 bits per heavy atom. The largest absolute Gasteiger partial charge is 0.402 e.